The lowest BCUT2D eigenvalue weighted by Gasteiger charge is -2.49. The minimum Gasteiger partial charge on any atom is -0.481 e. The van der Waals surface area contributed by atoms with Gasteiger partial charge in [0.1, 0.15) is 0 Å². The van der Waals surface area contributed by atoms with E-state index in [9.17, 15) is 20.1 Å². The Morgan fingerprint density at radius 2 is 1.71 bits per heavy atom. The zero-order chi connectivity index (χ0) is 35.4. The van der Waals surface area contributed by atoms with E-state index in [1.54, 1.807) is 14.0 Å². The number of aliphatic carboxylic acids is 1. The molecule has 5 aliphatic rings. The fourth-order valence-electron chi connectivity index (χ4n) is 10.2. The number of methoxy groups -OCH3 is 2. The molecule has 5 saturated heterocycles. The summed E-state index contributed by atoms with van der Waals surface area (Å²) in [6, 6.07) is 0. The molecule has 5 aliphatic heterocycles. The van der Waals surface area contributed by atoms with E-state index in [4.69, 9.17) is 33.2 Å². The first-order chi connectivity index (χ1) is 22.5. The normalized spacial score (nSPS) is 50.1. The van der Waals surface area contributed by atoms with Gasteiger partial charge in [0.2, 0.25) is 0 Å². The van der Waals surface area contributed by atoms with Crippen LogP contribution in [0.3, 0.4) is 0 Å². The van der Waals surface area contributed by atoms with E-state index < -0.39 is 53.0 Å². The Balaban J connectivity index is 1.29. The monoisotopic (exact) mass is 684 g/mol. The van der Waals surface area contributed by atoms with E-state index in [2.05, 4.69) is 34.6 Å². The number of rotatable bonds is 11. The van der Waals surface area contributed by atoms with Crippen molar-refractivity contribution in [2.45, 2.75) is 172 Å². The summed E-state index contributed by atoms with van der Waals surface area (Å²) in [5, 5.41) is 31.2. The van der Waals surface area contributed by atoms with Crippen molar-refractivity contribution >= 4 is 5.97 Å². The van der Waals surface area contributed by atoms with Gasteiger partial charge in [0.25, 0.3) is 0 Å². The Kier molecular flexibility index (Phi) is 11.4. The highest BCUT2D eigenvalue weighted by molar-refractivity contribution is 5.70. The second-order valence-corrected chi connectivity index (χ2v) is 16.5. The molecule has 11 heteroatoms. The molecule has 0 bridgehead atoms. The van der Waals surface area contributed by atoms with Crippen molar-refractivity contribution in [1.82, 2.24) is 0 Å². The van der Waals surface area contributed by atoms with Gasteiger partial charge in [-0.15, -0.1) is 0 Å². The van der Waals surface area contributed by atoms with Gasteiger partial charge in [-0.2, -0.15) is 0 Å². The van der Waals surface area contributed by atoms with Crippen LogP contribution in [-0.2, 0) is 38.0 Å². The second-order valence-electron chi connectivity index (χ2n) is 16.5. The van der Waals surface area contributed by atoms with Crippen molar-refractivity contribution in [2.24, 2.45) is 35.5 Å². The van der Waals surface area contributed by atoms with E-state index in [1.165, 1.54) is 7.11 Å². The van der Waals surface area contributed by atoms with Gasteiger partial charge in [0.05, 0.1) is 66.5 Å². The predicted octanol–water partition coefficient (Wildman–Crippen LogP) is 4.93. The third kappa shape index (κ3) is 6.62. The van der Waals surface area contributed by atoms with Crippen LogP contribution in [0.4, 0.5) is 0 Å². The quantitative estimate of drug-likeness (QED) is 0.273. The summed E-state index contributed by atoms with van der Waals surface area (Å²) in [5.41, 5.74) is -1.10. The molecule has 5 heterocycles. The lowest BCUT2D eigenvalue weighted by Crippen LogP contribution is -2.57. The first-order valence-electron chi connectivity index (χ1n) is 18.5. The molecular formula is C37H64O11. The predicted molar refractivity (Wildman–Crippen MR) is 177 cm³/mol. The van der Waals surface area contributed by atoms with Crippen LogP contribution in [0.25, 0.3) is 0 Å². The summed E-state index contributed by atoms with van der Waals surface area (Å²) < 4.78 is 45.7. The highest BCUT2D eigenvalue weighted by Crippen LogP contribution is 2.55. The Morgan fingerprint density at radius 3 is 2.31 bits per heavy atom. The summed E-state index contributed by atoms with van der Waals surface area (Å²) in [7, 11) is 3.13. The molecule has 0 amide bonds. The maximum atomic E-state index is 11.8. The Bertz CT molecular complexity index is 1120. The van der Waals surface area contributed by atoms with Crippen LogP contribution in [0.5, 0.6) is 0 Å². The second kappa shape index (κ2) is 14.3. The van der Waals surface area contributed by atoms with Crippen LogP contribution in [0, 0.1) is 35.5 Å². The molecule has 0 unspecified atom stereocenters. The van der Waals surface area contributed by atoms with Crippen molar-refractivity contribution in [1.29, 1.82) is 0 Å². The number of carboxylic acids is 1. The fraction of sp³-hybridized carbons (Fsp3) is 0.973. The number of hydrogen-bond donors (Lipinski definition) is 3. The zero-order valence-electron chi connectivity index (χ0n) is 31.0. The summed E-state index contributed by atoms with van der Waals surface area (Å²) in [6.07, 6.45) is 3.59. The van der Waals surface area contributed by atoms with Crippen LogP contribution in [-0.4, -0.2) is 108 Å². The van der Waals surface area contributed by atoms with Crippen LogP contribution in [0.1, 0.15) is 107 Å². The number of aliphatic hydroxyl groups is 2. The average molecular weight is 685 g/mol. The van der Waals surface area contributed by atoms with Crippen molar-refractivity contribution in [2.75, 3.05) is 20.8 Å². The molecule has 11 nitrogen and oxygen atoms in total. The van der Waals surface area contributed by atoms with Crippen molar-refractivity contribution in [3.63, 3.8) is 0 Å². The Hall–Kier alpha value is -0.890. The van der Waals surface area contributed by atoms with Gasteiger partial charge < -0.3 is 48.5 Å². The molecule has 5 rings (SSSR count). The van der Waals surface area contributed by atoms with E-state index >= 15 is 0 Å². The maximum absolute atomic E-state index is 11.8. The molecule has 1 spiro atoms. The van der Waals surface area contributed by atoms with Crippen molar-refractivity contribution < 1.29 is 53.3 Å². The molecule has 17 atom stereocenters. The van der Waals surface area contributed by atoms with Gasteiger partial charge in [-0.3, -0.25) is 4.79 Å². The topological polar surface area (TPSA) is 142 Å². The minimum atomic E-state index is -1.02. The summed E-state index contributed by atoms with van der Waals surface area (Å²) in [6.45, 7) is 16.1. The van der Waals surface area contributed by atoms with E-state index in [1.807, 2.05) is 13.8 Å². The largest absolute Gasteiger partial charge is 0.481 e. The lowest BCUT2D eigenvalue weighted by atomic mass is 9.78. The molecule has 0 radical (unpaired) electrons. The number of carboxylic acid groups (broad SMARTS) is 1. The molecule has 5 fully saturated rings. The Labute approximate surface area is 287 Å². The first kappa shape index (κ1) is 38.3. The molecule has 48 heavy (non-hydrogen) atoms. The van der Waals surface area contributed by atoms with Gasteiger partial charge in [0.15, 0.2) is 11.6 Å². The van der Waals surface area contributed by atoms with Crippen molar-refractivity contribution in [3.05, 3.63) is 0 Å². The van der Waals surface area contributed by atoms with Crippen LogP contribution >= 0.6 is 0 Å². The third-order valence-corrected chi connectivity index (χ3v) is 13.4. The maximum Gasteiger partial charge on any atom is 0.308 e. The summed E-state index contributed by atoms with van der Waals surface area (Å²) in [4.78, 5) is 11.8. The van der Waals surface area contributed by atoms with E-state index in [0.29, 0.717) is 19.3 Å². The fourth-order valence-corrected chi connectivity index (χ4v) is 10.2. The molecule has 0 aliphatic carbocycles. The smallest absolute Gasteiger partial charge is 0.308 e. The minimum absolute atomic E-state index is 0.0652. The molecular weight excluding hydrogens is 620 g/mol. The van der Waals surface area contributed by atoms with E-state index in [-0.39, 0.29) is 60.6 Å². The van der Waals surface area contributed by atoms with Gasteiger partial charge in [-0.25, -0.2) is 0 Å². The van der Waals surface area contributed by atoms with E-state index in [0.717, 1.165) is 32.1 Å². The molecule has 278 valence electrons. The van der Waals surface area contributed by atoms with Crippen LogP contribution in [0.2, 0.25) is 0 Å². The molecule has 0 aromatic rings. The average Bonchev–Trinajstić information content (AvgIpc) is 3.76. The Morgan fingerprint density at radius 1 is 1.00 bits per heavy atom. The standard InChI is InChI=1S/C37H64O11/c1-11-35(32-21(3)17-27(44-32)29-20(2)16-22(4)37(19-38,43-10)47-29)13-12-28(45-35)34(8)14-15-36(48-34)18-26(39)23(5)31(46-36)24(6)30(42-9)25(7)33(40)41/h20-32,38-39H,11-19H2,1-10H3,(H,40,41)/t20-,21-,22+,23+,24-,25-,26-,27+,28+,29-,30+,31-,32+,34-,35-,36+,37-/m0/s1. The molecule has 0 aromatic carbocycles. The zero-order valence-corrected chi connectivity index (χ0v) is 31.0. The highest BCUT2D eigenvalue weighted by atomic mass is 16.7. The molecule has 0 aromatic heterocycles. The molecule has 3 N–H and O–H groups in total. The SMILES string of the molecule is CC[C@@]1([C@@H]2O[C@@H]([C@H]3O[C@](CO)(OC)[C@H](C)C[C@@H]3C)C[C@@H]2C)CC[C@H]([C@]2(C)CC[C@]3(C[C@H](O)[C@@H](C)[C@@H]([C@@H](C)[C@@H](OC)[C@H](C)C(=O)O)O3)O2)O1. The van der Waals surface area contributed by atoms with Crippen LogP contribution in [0.15, 0.2) is 0 Å². The van der Waals surface area contributed by atoms with Gasteiger partial charge >= 0.3 is 5.97 Å². The van der Waals surface area contributed by atoms with Gasteiger partial charge in [-0.05, 0) is 64.2 Å². The number of aliphatic hydroxyl groups excluding tert-OH is 2. The van der Waals surface area contributed by atoms with Crippen molar-refractivity contribution in [3.8, 4) is 0 Å². The third-order valence-electron chi connectivity index (χ3n) is 13.4. The van der Waals surface area contributed by atoms with Gasteiger partial charge in [-0.1, -0.05) is 41.5 Å². The molecule has 0 saturated carbocycles. The summed E-state index contributed by atoms with van der Waals surface area (Å²) in [5.74, 6) is -3.59. The number of ether oxygens (including phenoxy) is 7. The highest BCUT2D eigenvalue weighted by Gasteiger charge is 2.62. The number of hydrogen-bond acceptors (Lipinski definition) is 10. The first-order valence-corrected chi connectivity index (χ1v) is 18.5. The lowest BCUT2D eigenvalue weighted by molar-refractivity contribution is -0.337. The summed E-state index contributed by atoms with van der Waals surface area (Å²) >= 11 is 0. The van der Waals surface area contributed by atoms with Crippen LogP contribution < -0.4 is 0 Å². The number of carbonyl (C=O) groups is 1. The van der Waals surface area contributed by atoms with Gasteiger partial charge in [0, 0.05) is 44.8 Å².